The number of fused-ring (bicyclic) bond motifs is 4. The van der Waals surface area contributed by atoms with Gasteiger partial charge in [-0.25, -0.2) is 9.78 Å². The van der Waals surface area contributed by atoms with Gasteiger partial charge in [-0.2, -0.15) is 0 Å². The molecule has 3 aromatic heterocycles. The molecule has 8 heteroatoms. The normalized spacial score (nSPS) is 13.7. The molecule has 1 aliphatic rings. The zero-order valence-electron chi connectivity index (χ0n) is 16.4. The Balaban J connectivity index is 1.48. The molecule has 154 valence electrons. The van der Waals surface area contributed by atoms with E-state index in [1.54, 1.807) is 32.6 Å². The number of para-hydroxylation sites is 2. The summed E-state index contributed by atoms with van der Waals surface area (Å²) in [6.45, 7) is 4.70. The number of aryl methyl sites for hydroxylation is 3. The van der Waals surface area contributed by atoms with Crippen molar-refractivity contribution < 1.29 is 4.42 Å². The van der Waals surface area contributed by atoms with Crippen LogP contribution in [0.3, 0.4) is 0 Å². The highest BCUT2D eigenvalue weighted by Gasteiger charge is 2.22. The first-order valence-corrected chi connectivity index (χ1v) is 11.8. The largest absolute Gasteiger partial charge is 0.419 e. The Hall–Kier alpha value is -2.58. The molecule has 0 radical (unpaired) electrons. The van der Waals surface area contributed by atoms with E-state index in [-0.39, 0.29) is 11.3 Å². The van der Waals surface area contributed by atoms with Crippen molar-refractivity contribution in [1.29, 1.82) is 0 Å². The Kier molecular flexibility index (Phi) is 5.12. The van der Waals surface area contributed by atoms with Gasteiger partial charge in [0.05, 0.1) is 10.9 Å². The topological polar surface area (TPSA) is 70.0 Å². The molecule has 0 bridgehead atoms. The fraction of sp³-hybridized carbons (Fsp3) is 0.318. The molecule has 0 fully saturated rings. The molecule has 1 aliphatic carbocycles. The van der Waals surface area contributed by atoms with Crippen LogP contribution in [-0.4, -0.2) is 19.9 Å². The fourth-order valence-electron chi connectivity index (χ4n) is 4.07. The number of oxazole rings is 1. The molecule has 6 nitrogen and oxygen atoms in total. The first-order valence-electron chi connectivity index (χ1n) is 10.0. The van der Waals surface area contributed by atoms with Gasteiger partial charge in [-0.3, -0.25) is 13.9 Å². The second kappa shape index (κ2) is 7.92. The van der Waals surface area contributed by atoms with Gasteiger partial charge >= 0.3 is 5.76 Å². The predicted octanol–water partition coefficient (Wildman–Crippen LogP) is 4.22. The zero-order chi connectivity index (χ0) is 20.7. The van der Waals surface area contributed by atoms with E-state index in [9.17, 15) is 9.59 Å². The summed E-state index contributed by atoms with van der Waals surface area (Å²) in [5.74, 6) is 0.235. The lowest BCUT2D eigenvalue weighted by atomic mass is 9.97. The lowest BCUT2D eigenvalue weighted by molar-refractivity contribution is 0.514. The van der Waals surface area contributed by atoms with Crippen LogP contribution in [0.25, 0.3) is 21.3 Å². The van der Waals surface area contributed by atoms with Crippen molar-refractivity contribution in [1.82, 2.24) is 14.1 Å². The fourth-order valence-corrected chi connectivity index (χ4v) is 6.31. The Labute approximate surface area is 180 Å². The highest BCUT2D eigenvalue weighted by Crippen LogP contribution is 2.34. The van der Waals surface area contributed by atoms with Crippen molar-refractivity contribution in [3.63, 3.8) is 0 Å². The van der Waals surface area contributed by atoms with Crippen LogP contribution in [-0.2, 0) is 25.9 Å². The Morgan fingerprint density at radius 3 is 2.90 bits per heavy atom. The standard InChI is InChI=1S/C22H21N3O3S2/c1-2-11-25-20(26)18-14-7-3-6-10-17(14)30-19(18)23-21(25)29-13-12-24-15-8-4-5-9-16(15)28-22(24)27/h2,4-5,8-9H,1,3,6-7,10-13H2. The van der Waals surface area contributed by atoms with E-state index in [1.807, 2.05) is 18.2 Å². The minimum absolute atomic E-state index is 0.0210. The number of aromatic nitrogens is 3. The van der Waals surface area contributed by atoms with E-state index >= 15 is 0 Å². The third-order valence-electron chi connectivity index (χ3n) is 5.47. The van der Waals surface area contributed by atoms with E-state index in [1.165, 1.54) is 28.6 Å². The van der Waals surface area contributed by atoms with Gasteiger partial charge in [0.25, 0.3) is 5.56 Å². The van der Waals surface area contributed by atoms with Gasteiger partial charge in [-0.15, -0.1) is 17.9 Å². The smallest absolute Gasteiger partial charge is 0.408 e. The van der Waals surface area contributed by atoms with Crippen LogP contribution in [0.15, 0.2) is 56.1 Å². The third kappa shape index (κ3) is 3.24. The summed E-state index contributed by atoms with van der Waals surface area (Å²) in [6, 6.07) is 7.39. The van der Waals surface area contributed by atoms with Gasteiger partial charge in [-0.1, -0.05) is 30.0 Å². The SMILES string of the molecule is C=CCn1c(SCCn2c(=O)oc3ccccc32)nc2sc3c(c2c1=O)CCCC3. The summed E-state index contributed by atoms with van der Waals surface area (Å²) in [5.41, 5.74) is 2.58. The maximum atomic E-state index is 13.3. The van der Waals surface area contributed by atoms with Crippen molar-refractivity contribution in [2.45, 2.75) is 43.9 Å². The number of allylic oxidation sites excluding steroid dienone is 1. The first-order chi connectivity index (χ1) is 14.7. The second-order valence-electron chi connectivity index (χ2n) is 7.33. The van der Waals surface area contributed by atoms with Gasteiger partial charge in [0.15, 0.2) is 10.7 Å². The number of rotatable bonds is 6. The van der Waals surface area contributed by atoms with Crippen LogP contribution in [0.4, 0.5) is 0 Å². The molecule has 4 aromatic rings. The van der Waals surface area contributed by atoms with Gasteiger partial charge in [0, 0.05) is 23.7 Å². The highest BCUT2D eigenvalue weighted by molar-refractivity contribution is 7.99. The highest BCUT2D eigenvalue weighted by atomic mass is 32.2. The monoisotopic (exact) mass is 439 g/mol. The van der Waals surface area contributed by atoms with Crippen molar-refractivity contribution in [2.24, 2.45) is 0 Å². The first kappa shape index (κ1) is 19.4. The van der Waals surface area contributed by atoms with E-state index in [2.05, 4.69) is 6.58 Å². The Bertz CT molecular complexity index is 1380. The van der Waals surface area contributed by atoms with E-state index < -0.39 is 0 Å². The second-order valence-corrected chi connectivity index (χ2v) is 9.47. The van der Waals surface area contributed by atoms with E-state index in [0.29, 0.717) is 29.6 Å². The number of hydrogen-bond donors (Lipinski definition) is 0. The molecule has 0 saturated carbocycles. The quantitative estimate of drug-likeness (QED) is 0.256. The Morgan fingerprint density at radius 1 is 1.20 bits per heavy atom. The minimum Gasteiger partial charge on any atom is -0.408 e. The molecule has 5 rings (SSSR count). The molecule has 3 heterocycles. The average molecular weight is 440 g/mol. The number of nitrogens with zero attached hydrogens (tertiary/aromatic N) is 3. The predicted molar refractivity (Wildman–Crippen MR) is 122 cm³/mol. The summed E-state index contributed by atoms with van der Waals surface area (Å²) >= 11 is 3.14. The molecule has 0 unspecified atom stereocenters. The lowest BCUT2D eigenvalue weighted by Crippen LogP contribution is -2.23. The van der Waals surface area contributed by atoms with Crippen molar-refractivity contribution in [2.75, 3.05) is 5.75 Å². The summed E-state index contributed by atoms with van der Waals surface area (Å²) < 4.78 is 8.63. The van der Waals surface area contributed by atoms with Crippen molar-refractivity contribution >= 4 is 44.4 Å². The van der Waals surface area contributed by atoms with Gasteiger partial charge < -0.3 is 4.42 Å². The van der Waals surface area contributed by atoms with Crippen LogP contribution < -0.4 is 11.3 Å². The van der Waals surface area contributed by atoms with Crippen LogP contribution >= 0.6 is 23.1 Å². The van der Waals surface area contributed by atoms with E-state index in [4.69, 9.17) is 9.40 Å². The van der Waals surface area contributed by atoms with Crippen LogP contribution in [0, 0.1) is 0 Å². The van der Waals surface area contributed by atoms with Gasteiger partial charge in [0.2, 0.25) is 0 Å². The summed E-state index contributed by atoms with van der Waals surface area (Å²) in [4.78, 5) is 32.5. The number of hydrogen-bond acceptors (Lipinski definition) is 6. The number of thiophene rings is 1. The molecule has 0 atom stereocenters. The van der Waals surface area contributed by atoms with Gasteiger partial charge in [0.1, 0.15) is 4.83 Å². The Morgan fingerprint density at radius 2 is 2.03 bits per heavy atom. The summed E-state index contributed by atoms with van der Waals surface area (Å²) in [6.07, 6.45) is 6.03. The molecule has 0 aliphatic heterocycles. The molecule has 0 amide bonds. The zero-order valence-corrected chi connectivity index (χ0v) is 18.1. The van der Waals surface area contributed by atoms with Crippen molar-refractivity contribution in [3.05, 3.63) is 68.3 Å². The molecule has 0 spiro atoms. The van der Waals surface area contributed by atoms with Crippen LogP contribution in [0.1, 0.15) is 23.3 Å². The number of benzene rings is 1. The molecular weight excluding hydrogens is 418 g/mol. The number of thioether (sulfide) groups is 1. The molecular formula is C22H21N3O3S2. The maximum Gasteiger partial charge on any atom is 0.419 e. The minimum atomic E-state index is -0.366. The van der Waals surface area contributed by atoms with E-state index in [0.717, 1.165) is 35.0 Å². The van der Waals surface area contributed by atoms with Crippen LogP contribution in [0.2, 0.25) is 0 Å². The molecule has 30 heavy (non-hydrogen) atoms. The van der Waals surface area contributed by atoms with Crippen LogP contribution in [0.5, 0.6) is 0 Å². The summed E-state index contributed by atoms with van der Waals surface area (Å²) in [7, 11) is 0. The maximum absolute atomic E-state index is 13.3. The molecule has 0 saturated heterocycles. The molecule has 0 N–H and O–H groups in total. The molecule has 1 aromatic carbocycles. The third-order valence-corrected chi connectivity index (χ3v) is 7.61. The van der Waals surface area contributed by atoms with Gasteiger partial charge in [-0.05, 0) is 43.4 Å². The lowest BCUT2D eigenvalue weighted by Gasteiger charge is -2.12. The summed E-state index contributed by atoms with van der Waals surface area (Å²) in [5, 5.41) is 1.46. The average Bonchev–Trinajstić information content (AvgIpc) is 3.28. The van der Waals surface area contributed by atoms with Crippen molar-refractivity contribution in [3.8, 4) is 0 Å².